The highest BCUT2D eigenvalue weighted by atomic mass is 32.2. The topological polar surface area (TPSA) is 72.0 Å². The lowest BCUT2D eigenvalue weighted by molar-refractivity contribution is 0.601. The fraction of sp³-hybridized carbons (Fsp3) is 0.0667. The van der Waals surface area contributed by atoms with Crippen LogP contribution in [0.5, 0.6) is 0 Å². The maximum atomic E-state index is 12.3. The molecule has 2 aromatic carbocycles. The van der Waals surface area contributed by atoms with Gasteiger partial charge in [0.25, 0.3) is 10.0 Å². The lowest BCUT2D eigenvalue weighted by Crippen LogP contribution is -2.15. The van der Waals surface area contributed by atoms with Crippen LogP contribution in [0.25, 0.3) is 10.9 Å². The predicted molar refractivity (Wildman–Crippen MR) is 81.5 cm³/mol. The zero-order valence-electron chi connectivity index (χ0n) is 11.3. The highest BCUT2D eigenvalue weighted by Gasteiger charge is 2.15. The van der Waals surface area contributed by atoms with Crippen LogP contribution in [0, 0.1) is 6.92 Å². The van der Waals surface area contributed by atoms with E-state index in [9.17, 15) is 8.42 Å². The molecule has 1 aromatic heterocycles. The lowest BCUT2D eigenvalue weighted by atomic mass is 10.2. The van der Waals surface area contributed by atoms with Crippen molar-refractivity contribution in [3.8, 4) is 0 Å². The molecule has 0 aliphatic rings. The Balaban J connectivity index is 1.95. The molecule has 0 atom stereocenters. The summed E-state index contributed by atoms with van der Waals surface area (Å²) in [5.74, 6) is 0.0641. The minimum atomic E-state index is -3.67. The first kappa shape index (κ1) is 13.5. The molecular formula is C15H13N3O2S. The van der Waals surface area contributed by atoms with Crippen molar-refractivity contribution >= 4 is 26.9 Å². The highest BCUT2D eigenvalue weighted by Crippen LogP contribution is 2.16. The molecule has 1 heterocycles. The van der Waals surface area contributed by atoms with Crippen molar-refractivity contribution in [2.75, 3.05) is 4.72 Å². The van der Waals surface area contributed by atoms with Gasteiger partial charge in [0.05, 0.1) is 10.4 Å². The van der Waals surface area contributed by atoms with Gasteiger partial charge in [0, 0.05) is 11.6 Å². The summed E-state index contributed by atoms with van der Waals surface area (Å²) in [4.78, 5) is 8.42. The standard InChI is InChI=1S/C15H13N3O2S/c1-11-6-8-13(9-7-11)21(19,20)18-15-16-10-12-4-2-3-5-14(12)17-15/h2-10H,1H3,(H,16,17,18). The van der Waals surface area contributed by atoms with Crippen LogP contribution in [0.15, 0.2) is 59.6 Å². The maximum absolute atomic E-state index is 12.3. The Morgan fingerprint density at radius 3 is 2.48 bits per heavy atom. The average Bonchev–Trinajstić information content (AvgIpc) is 2.47. The summed E-state index contributed by atoms with van der Waals surface area (Å²) in [5, 5.41) is 0.857. The third-order valence-electron chi connectivity index (χ3n) is 3.05. The maximum Gasteiger partial charge on any atom is 0.264 e. The number of hydrogen-bond donors (Lipinski definition) is 1. The van der Waals surface area contributed by atoms with Crippen molar-refractivity contribution in [2.45, 2.75) is 11.8 Å². The SMILES string of the molecule is Cc1ccc(S(=O)(=O)Nc2ncc3ccccc3n2)cc1. The Morgan fingerprint density at radius 1 is 1.00 bits per heavy atom. The summed E-state index contributed by atoms with van der Waals surface area (Å²) in [6.07, 6.45) is 1.59. The van der Waals surface area contributed by atoms with Crippen LogP contribution in [0.2, 0.25) is 0 Å². The molecule has 3 aromatic rings. The summed E-state index contributed by atoms with van der Waals surface area (Å²) < 4.78 is 26.9. The van der Waals surface area contributed by atoms with Crippen molar-refractivity contribution < 1.29 is 8.42 Å². The van der Waals surface area contributed by atoms with Gasteiger partial charge in [0.15, 0.2) is 0 Å². The second-order valence-corrected chi connectivity index (χ2v) is 6.35. The minimum Gasteiger partial charge on any atom is -0.247 e. The first-order valence-corrected chi connectivity index (χ1v) is 7.84. The Kier molecular flexibility index (Phi) is 3.31. The van der Waals surface area contributed by atoms with Gasteiger partial charge < -0.3 is 0 Å². The van der Waals surface area contributed by atoms with Gasteiger partial charge >= 0.3 is 0 Å². The molecule has 106 valence electrons. The van der Waals surface area contributed by atoms with E-state index in [2.05, 4.69) is 14.7 Å². The van der Waals surface area contributed by atoms with Crippen molar-refractivity contribution in [3.63, 3.8) is 0 Å². The largest absolute Gasteiger partial charge is 0.264 e. The number of hydrogen-bond acceptors (Lipinski definition) is 4. The molecule has 0 aliphatic heterocycles. The Morgan fingerprint density at radius 2 is 1.71 bits per heavy atom. The molecule has 3 rings (SSSR count). The lowest BCUT2D eigenvalue weighted by Gasteiger charge is -2.07. The van der Waals surface area contributed by atoms with E-state index < -0.39 is 10.0 Å². The molecular weight excluding hydrogens is 286 g/mol. The van der Waals surface area contributed by atoms with Crippen LogP contribution in [0.1, 0.15) is 5.56 Å². The molecule has 21 heavy (non-hydrogen) atoms. The molecule has 0 unspecified atom stereocenters. The zero-order valence-corrected chi connectivity index (χ0v) is 12.1. The number of fused-ring (bicyclic) bond motifs is 1. The van der Waals surface area contributed by atoms with Gasteiger partial charge in [0.1, 0.15) is 0 Å². The zero-order chi connectivity index (χ0) is 14.9. The van der Waals surface area contributed by atoms with E-state index in [1.807, 2.05) is 25.1 Å². The number of aromatic nitrogens is 2. The number of para-hydroxylation sites is 1. The second kappa shape index (κ2) is 5.14. The number of anilines is 1. The molecule has 0 amide bonds. The summed E-state index contributed by atoms with van der Waals surface area (Å²) in [6, 6.07) is 14.0. The quantitative estimate of drug-likeness (QED) is 0.807. The van der Waals surface area contributed by atoms with Gasteiger partial charge in [-0.3, -0.25) is 0 Å². The molecule has 0 spiro atoms. The van der Waals surface area contributed by atoms with Crippen LogP contribution in [-0.4, -0.2) is 18.4 Å². The van der Waals surface area contributed by atoms with Crippen LogP contribution < -0.4 is 4.72 Å². The molecule has 0 saturated heterocycles. The molecule has 0 radical (unpaired) electrons. The van der Waals surface area contributed by atoms with Gasteiger partial charge in [-0.05, 0) is 25.1 Å². The van der Waals surface area contributed by atoms with E-state index >= 15 is 0 Å². The normalized spacial score (nSPS) is 11.5. The van der Waals surface area contributed by atoms with E-state index in [1.165, 1.54) is 0 Å². The van der Waals surface area contributed by atoms with Gasteiger partial charge in [-0.2, -0.15) is 0 Å². The molecule has 5 nitrogen and oxygen atoms in total. The Labute approximate surface area is 122 Å². The van der Waals surface area contributed by atoms with E-state index in [-0.39, 0.29) is 10.8 Å². The summed E-state index contributed by atoms with van der Waals surface area (Å²) in [7, 11) is -3.67. The molecule has 6 heteroatoms. The monoisotopic (exact) mass is 299 g/mol. The van der Waals surface area contributed by atoms with Crippen LogP contribution >= 0.6 is 0 Å². The van der Waals surface area contributed by atoms with Gasteiger partial charge in [-0.1, -0.05) is 35.9 Å². The first-order valence-electron chi connectivity index (χ1n) is 6.36. The fourth-order valence-electron chi connectivity index (χ4n) is 1.92. The summed E-state index contributed by atoms with van der Waals surface area (Å²) in [6.45, 7) is 1.90. The molecule has 0 aliphatic carbocycles. The number of rotatable bonds is 3. The summed E-state index contributed by atoms with van der Waals surface area (Å²) >= 11 is 0. The van der Waals surface area contributed by atoms with Crippen LogP contribution in [0.3, 0.4) is 0 Å². The molecule has 1 N–H and O–H groups in total. The van der Waals surface area contributed by atoms with Crippen molar-refractivity contribution in [2.24, 2.45) is 0 Å². The Hall–Kier alpha value is -2.47. The first-order chi connectivity index (χ1) is 10.0. The Bertz CT molecular complexity index is 890. The van der Waals surface area contributed by atoms with Gasteiger partial charge in [-0.25, -0.2) is 23.1 Å². The predicted octanol–water partition coefficient (Wildman–Crippen LogP) is 2.74. The van der Waals surface area contributed by atoms with Crippen LogP contribution in [-0.2, 0) is 10.0 Å². The van der Waals surface area contributed by atoms with Gasteiger partial charge in [-0.15, -0.1) is 0 Å². The fourth-order valence-corrected chi connectivity index (χ4v) is 2.87. The van der Waals surface area contributed by atoms with Crippen molar-refractivity contribution in [1.29, 1.82) is 0 Å². The third kappa shape index (κ3) is 2.85. The van der Waals surface area contributed by atoms with E-state index in [0.29, 0.717) is 5.52 Å². The van der Waals surface area contributed by atoms with Crippen molar-refractivity contribution in [3.05, 3.63) is 60.3 Å². The summed E-state index contributed by atoms with van der Waals surface area (Å²) in [5.41, 5.74) is 1.69. The van der Waals surface area contributed by atoms with E-state index in [0.717, 1.165) is 10.9 Å². The number of nitrogens with one attached hydrogen (secondary N) is 1. The molecule has 0 bridgehead atoms. The number of sulfonamides is 1. The van der Waals surface area contributed by atoms with E-state index in [1.54, 1.807) is 36.5 Å². The smallest absolute Gasteiger partial charge is 0.247 e. The third-order valence-corrected chi connectivity index (χ3v) is 4.39. The number of benzene rings is 2. The van der Waals surface area contributed by atoms with Crippen LogP contribution in [0.4, 0.5) is 5.95 Å². The molecule has 0 fully saturated rings. The van der Waals surface area contributed by atoms with Gasteiger partial charge in [0.2, 0.25) is 5.95 Å². The number of aryl methyl sites for hydroxylation is 1. The van der Waals surface area contributed by atoms with Crippen molar-refractivity contribution in [1.82, 2.24) is 9.97 Å². The average molecular weight is 299 g/mol. The molecule has 0 saturated carbocycles. The number of nitrogens with zero attached hydrogens (tertiary/aromatic N) is 2. The highest BCUT2D eigenvalue weighted by molar-refractivity contribution is 7.92. The minimum absolute atomic E-state index is 0.0641. The second-order valence-electron chi connectivity index (χ2n) is 4.67. The van der Waals surface area contributed by atoms with E-state index in [4.69, 9.17) is 0 Å².